The molecule has 1 fully saturated rings. The maximum Gasteiger partial charge on any atom is 0.251 e. The number of thioether (sulfide) groups is 1. The van der Waals surface area contributed by atoms with Crippen LogP contribution in [0.4, 0.5) is 0 Å². The van der Waals surface area contributed by atoms with Crippen molar-refractivity contribution in [1.29, 1.82) is 0 Å². The molecular formula is C16H23NO2S. The van der Waals surface area contributed by atoms with Crippen LogP contribution in [-0.4, -0.2) is 31.4 Å². The second-order valence-corrected chi connectivity index (χ2v) is 5.99. The highest BCUT2D eigenvalue weighted by Gasteiger charge is 2.13. The standard InChI is InChI=1S/C16H23NO2S/c1-20-15-9-7-13(8-10-15)16(18)17-11-4-6-14-5-2-3-12-19-14/h7-10,14H,2-6,11-12H2,1H3,(H,17,18). The van der Waals surface area contributed by atoms with Gasteiger partial charge in [0, 0.05) is 23.6 Å². The third-order valence-corrected chi connectivity index (χ3v) is 4.36. The van der Waals surface area contributed by atoms with Crippen LogP contribution in [0.15, 0.2) is 29.2 Å². The lowest BCUT2D eigenvalue weighted by atomic mass is 10.0. The van der Waals surface area contributed by atoms with Crippen molar-refractivity contribution in [3.8, 4) is 0 Å². The van der Waals surface area contributed by atoms with Gasteiger partial charge in [0.25, 0.3) is 5.91 Å². The topological polar surface area (TPSA) is 38.3 Å². The Morgan fingerprint density at radius 2 is 2.15 bits per heavy atom. The highest BCUT2D eigenvalue weighted by molar-refractivity contribution is 7.98. The summed E-state index contributed by atoms with van der Waals surface area (Å²) in [6.45, 7) is 1.63. The third kappa shape index (κ3) is 4.84. The predicted molar refractivity (Wildman–Crippen MR) is 83.4 cm³/mol. The SMILES string of the molecule is CSc1ccc(C(=O)NCCCC2CCCCO2)cc1. The van der Waals surface area contributed by atoms with E-state index >= 15 is 0 Å². The Bertz CT molecular complexity index is 413. The van der Waals surface area contributed by atoms with Crippen LogP contribution in [0.2, 0.25) is 0 Å². The second-order valence-electron chi connectivity index (χ2n) is 5.12. The summed E-state index contributed by atoms with van der Waals surface area (Å²) in [6.07, 6.45) is 8.11. The lowest BCUT2D eigenvalue weighted by Gasteiger charge is -2.22. The molecule has 2 rings (SSSR count). The van der Waals surface area contributed by atoms with Crippen LogP contribution in [0.3, 0.4) is 0 Å². The molecule has 1 aromatic rings. The minimum atomic E-state index is 0.0159. The van der Waals surface area contributed by atoms with Crippen LogP contribution < -0.4 is 5.32 Å². The molecule has 1 saturated heterocycles. The van der Waals surface area contributed by atoms with Crippen molar-refractivity contribution in [1.82, 2.24) is 5.32 Å². The number of carbonyl (C=O) groups excluding carboxylic acids is 1. The Balaban J connectivity index is 1.66. The fourth-order valence-electron chi connectivity index (χ4n) is 2.41. The van der Waals surface area contributed by atoms with E-state index in [-0.39, 0.29) is 5.91 Å². The molecule has 0 aromatic heterocycles. The maximum absolute atomic E-state index is 11.9. The number of ether oxygens (including phenoxy) is 1. The average molecular weight is 293 g/mol. The summed E-state index contributed by atoms with van der Waals surface area (Å²) in [4.78, 5) is 13.1. The molecule has 1 amide bonds. The van der Waals surface area contributed by atoms with Gasteiger partial charge in [-0.2, -0.15) is 0 Å². The number of hydrogen-bond donors (Lipinski definition) is 1. The molecule has 1 aromatic carbocycles. The number of benzene rings is 1. The van der Waals surface area contributed by atoms with Gasteiger partial charge >= 0.3 is 0 Å². The van der Waals surface area contributed by atoms with Crippen LogP contribution in [-0.2, 0) is 4.74 Å². The third-order valence-electron chi connectivity index (χ3n) is 3.61. The Kier molecular flexibility index (Phi) is 6.40. The largest absolute Gasteiger partial charge is 0.378 e. The van der Waals surface area contributed by atoms with E-state index in [4.69, 9.17) is 4.74 Å². The zero-order valence-corrected chi connectivity index (χ0v) is 12.9. The van der Waals surface area contributed by atoms with E-state index < -0.39 is 0 Å². The molecule has 3 nitrogen and oxygen atoms in total. The molecule has 4 heteroatoms. The molecule has 0 bridgehead atoms. The summed E-state index contributed by atoms with van der Waals surface area (Å²) >= 11 is 1.68. The smallest absolute Gasteiger partial charge is 0.251 e. The van der Waals surface area contributed by atoms with Crippen molar-refractivity contribution in [2.75, 3.05) is 19.4 Å². The molecule has 110 valence electrons. The van der Waals surface area contributed by atoms with Crippen molar-refractivity contribution in [3.63, 3.8) is 0 Å². The monoisotopic (exact) mass is 293 g/mol. The quantitative estimate of drug-likeness (QED) is 0.644. The summed E-state index contributed by atoms with van der Waals surface area (Å²) < 4.78 is 5.68. The van der Waals surface area contributed by atoms with E-state index in [1.54, 1.807) is 11.8 Å². The fraction of sp³-hybridized carbons (Fsp3) is 0.562. The van der Waals surface area contributed by atoms with Gasteiger partial charge in [-0.3, -0.25) is 4.79 Å². The van der Waals surface area contributed by atoms with Crippen LogP contribution >= 0.6 is 11.8 Å². The molecule has 1 N–H and O–H groups in total. The van der Waals surface area contributed by atoms with Gasteiger partial charge in [-0.05, 0) is 62.6 Å². The summed E-state index contributed by atoms with van der Waals surface area (Å²) in [6, 6.07) is 7.72. The maximum atomic E-state index is 11.9. The molecule has 1 atom stereocenters. The predicted octanol–water partition coefficient (Wildman–Crippen LogP) is 3.49. The number of carbonyl (C=O) groups is 1. The van der Waals surface area contributed by atoms with E-state index in [0.717, 1.165) is 31.6 Å². The van der Waals surface area contributed by atoms with Gasteiger partial charge < -0.3 is 10.1 Å². The van der Waals surface area contributed by atoms with Gasteiger partial charge in [0.15, 0.2) is 0 Å². The molecule has 0 radical (unpaired) electrons. The van der Waals surface area contributed by atoms with Gasteiger partial charge in [-0.25, -0.2) is 0 Å². The van der Waals surface area contributed by atoms with E-state index in [1.165, 1.54) is 24.2 Å². The molecule has 1 aliphatic rings. The number of hydrogen-bond acceptors (Lipinski definition) is 3. The normalized spacial score (nSPS) is 18.8. The molecular weight excluding hydrogens is 270 g/mol. The Morgan fingerprint density at radius 3 is 2.80 bits per heavy atom. The lowest BCUT2D eigenvalue weighted by Crippen LogP contribution is -2.26. The van der Waals surface area contributed by atoms with E-state index in [1.807, 2.05) is 30.5 Å². The zero-order valence-electron chi connectivity index (χ0n) is 12.1. The molecule has 0 saturated carbocycles. The lowest BCUT2D eigenvalue weighted by molar-refractivity contribution is 0.0102. The van der Waals surface area contributed by atoms with Gasteiger partial charge in [-0.15, -0.1) is 11.8 Å². The number of rotatable bonds is 6. The average Bonchev–Trinajstić information content (AvgIpc) is 2.52. The van der Waals surface area contributed by atoms with Crippen LogP contribution in [0.1, 0.15) is 42.5 Å². The zero-order chi connectivity index (χ0) is 14.2. The summed E-state index contributed by atoms with van der Waals surface area (Å²) in [5, 5.41) is 2.97. The van der Waals surface area contributed by atoms with Crippen LogP contribution in [0.25, 0.3) is 0 Å². The summed E-state index contributed by atoms with van der Waals surface area (Å²) in [7, 11) is 0. The molecule has 1 aliphatic heterocycles. The van der Waals surface area contributed by atoms with Gasteiger partial charge in [-0.1, -0.05) is 0 Å². The minimum Gasteiger partial charge on any atom is -0.378 e. The molecule has 20 heavy (non-hydrogen) atoms. The Hall–Kier alpha value is -1.00. The van der Waals surface area contributed by atoms with Crippen LogP contribution in [0.5, 0.6) is 0 Å². The molecule has 1 heterocycles. The Labute approximate surface area is 125 Å². The summed E-state index contributed by atoms with van der Waals surface area (Å²) in [5.74, 6) is 0.0159. The first kappa shape index (κ1) is 15.4. The first-order valence-electron chi connectivity index (χ1n) is 7.33. The van der Waals surface area contributed by atoms with E-state index in [0.29, 0.717) is 6.10 Å². The van der Waals surface area contributed by atoms with Gasteiger partial charge in [0.1, 0.15) is 0 Å². The number of nitrogens with one attached hydrogen (secondary N) is 1. The first-order valence-corrected chi connectivity index (χ1v) is 8.56. The first-order chi connectivity index (χ1) is 9.79. The molecule has 1 unspecified atom stereocenters. The second kappa shape index (κ2) is 8.32. The highest BCUT2D eigenvalue weighted by Crippen LogP contribution is 2.17. The van der Waals surface area contributed by atoms with Crippen molar-refractivity contribution in [2.45, 2.75) is 43.1 Å². The van der Waals surface area contributed by atoms with Crippen molar-refractivity contribution >= 4 is 17.7 Å². The van der Waals surface area contributed by atoms with E-state index in [2.05, 4.69) is 5.32 Å². The van der Waals surface area contributed by atoms with Crippen molar-refractivity contribution < 1.29 is 9.53 Å². The van der Waals surface area contributed by atoms with Gasteiger partial charge in [0.2, 0.25) is 0 Å². The van der Waals surface area contributed by atoms with Crippen molar-refractivity contribution in [2.24, 2.45) is 0 Å². The van der Waals surface area contributed by atoms with Gasteiger partial charge in [0.05, 0.1) is 6.10 Å². The van der Waals surface area contributed by atoms with Crippen molar-refractivity contribution in [3.05, 3.63) is 29.8 Å². The van der Waals surface area contributed by atoms with E-state index in [9.17, 15) is 4.79 Å². The Morgan fingerprint density at radius 1 is 1.35 bits per heavy atom. The minimum absolute atomic E-state index is 0.0159. The molecule has 0 spiro atoms. The molecule has 0 aliphatic carbocycles. The highest BCUT2D eigenvalue weighted by atomic mass is 32.2. The fourth-order valence-corrected chi connectivity index (χ4v) is 2.82. The van der Waals surface area contributed by atoms with Crippen LogP contribution in [0, 0.1) is 0 Å². The number of amides is 1. The summed E-state index contributed by atoms with van der Waals surface area (Å²) in [5.41, 5.74) is 0.733.